The summed E-state index contributed by atoms with van der Waals surface area (Å²) in [6.45, 7) is 0. The number of anilines is 1. The van der Waals surface area contributed by atoms with E-state index in [9.17, 15) is 14.7 Å². The van der Waals surface area contributed by atoms with Gasteiger partial charge in [0.05, 0.1) is 0 Å². The number of terminal acetylenes is 1. The molecule has 0 aliphatic carbocycles. The van der Waals surface area contributed by atoms with E-state index in [0.29, 0.717) is 18.5 Å². The largest absolute Gasteiger partial charge is 0.480 e. The van der Waals surface area contributed by atoms with Crippen LogP contribution >= 0.6 is 0 Å². The van der Waals surface area contributed by atoms with Crippen LogP contribution in [-0.2, 0) is 16.0 Å². The van der Waals surface area contributed by atoms with Crippen LogP contribution in [-0.4, -0.2) is 23.0 Å². The summed E-state index contributed by atoms with van der Waals surface area (Å²) in [6.07, 6.45) is 5.98. The molecular formula is C14H13NO3. The van der Waals surface area contributed by atoms with Crippen molar-refractivity contribution in [2.24, 2.45) is 0 Å². The van der Waals surface area contributed by atoms with E-state index in [2.05, 4.69) is 5.92 Å². The third-order valence-corrected chi connectivity index (χ3v) is 3.01. The number of hydrogen-bond donors (Lipinski definition) is 1. The molecule has 0 bridgehead atoms. The molecular weight excluding hydrogens is 230 g/mol. The number of hydrogen-bond acceptors (Lipinski definition) is 2. The molecule has 1 aliphatic heterocycles. The molecule has 0 spiro atoms. The summed E-state index contributed by atoms with van der Waals surface area (Å²) in [4.78, 5) is 24.6. The van der Waals surface area contributed by atoms with Crippen molar-refractivity contribution >= 4 is 17.6 Å². The first-order chi connectivity index (χ1) is 8.65. The minimum atomic E-state index is -0.986. The summed E-state index contributed by atoms with van der Waals surface area (Å²) in [5, 5.41) is 9.20. The predicted molar refractivity (Wildman–Crippen MR) is 67.1 cm³/mol. The Bertz CT molecular complexity index is 530. The number of fused-ring (bicyclic) bond motifs is 1. The topological polar surface area (TPSA) is 57.6 Å². The highest BCUT2D eigenvalue weighted by Gasteiger charge is 2.37. The van der Waals surface area contributed by atoms with Crippen LogP contribution in [0.3, 0.4) is 0 Å². The van der Waals surface area contributed by atoms with E-state index in [1.54, 1.807) is 12.1 Å². The van der Waals surface area contributed by atoms with Gasteiger partial charge >= 0.3 is 5.97 Å². The van der Waals surface area contributed by atoms with Gasteiger partial charge in [0.15, 0.2) is 0 Å². The van der Waals surface area contributed by atoms with Gasteiger partial charge in [-0.15, -0.1) is 12.3 Å². The standard InChI is InChI=1S/C14H13NO3/c1-2-3-8-13(16)15-11-7-5-4-6-10(11)9-12(15)14(17)18/h1,4-7,12H,3,8-9H2,(H,17,18)/t12-/m0/s1. The van der Waals surface area contributed by atoms with Crippen molar-refractivity contribution in [3.8, 4) is 12.3 Å². The quantitative estimate of drug-likeness (QED) is 0.817. The Kier molecular flexibility index (Phi) is 3.33. The van der Waals surface area contributed by atoms with E-state index in [-0.39, 0.29) is 12.3 Å². The van der Waals surface area contributed by atoms with Crippen LogP contribution < -0.4 is 4.90 Å². The number of aliphatic carboxylic acids is 1. The SMILES string of the molecule is C#CCCC(=O)N1c2ccccc2C[C@H]1C(=O)O. The lowest BCUT2D eigenvalue weighted by atomic mass is 10.1. The summed E-state index contributed by atoms with van der Waals surface area (Å²) >= 11 is 0. The third-order valence-electron chi connectivity index (χ3n) is 3.01. The number of nitrogens with zero attached hydrogens (tertiary/aromatic N) is 1. The van der Waals surface area contributed by atoms with Crippen molar-refractivity contribution in [2.45, 2.75) is 25.3 Å². The van der Waals surface area contributed by atoms with E-state index in [1.807, 2.05) is 12.1 Å². The van der Waals surface area contributed by atoms with E-state index < -0.39 is 12.0 Å². The van der Waals surface area contributed by atoms with E-state index >= 15 is 0 Å². The number of carbonyl (C=O) groups excluding carboxylic acids is 1. The van der Waals surface area contributed by atoms with Gasteiger partial charge in [-0.2, -0.15) is 0 Å². The maximum absolute atomic E-state index is 12.0. The van der Waals surface area contributed by atoms with Gasteiger partial charge in [-0.3, -0.25) is 9.69 Å². The second-order valence-electron chi connectivity index (χ2n) is 4.15. The van der Waals surface area contributed by atoms with E-state index in [1.165, 1.54) is 4.90 Å². The number of amides is 1. The minimum absolute atomic E-state index is 0.175. The van der Waals surface area contributed by atoms with Gasteiger partial charge in [0.2, 0.25) is 5.91 Å². The van der Waals surface area contributed by atoms with Crippen molar-refractivity contribution in [1.29, 1.82) is 0 Å². The Morgan fingerprint density at radius 3 is 2.83 bits per heavy atom. The molecule has 0 aromatic heterocycles. The molecule has 1 atom stereocenters. The molecule has 1 aliphatic rings. The fraction of sp³-hybridized carbons (Fsp3) is 0.286. The number of benzene rings is 1. The van der Waals surface area contributed by atoms with Gasteiger partial charge in [-0.05, 0) is 11.6 Å². The number of carboxylic acids is 1. The monoisotopic (exact) mass is 243 g/mol. The lowest BCUT2D eigenvalue weighted by Crippen LogP contribution is -2.42. The van der Waals surface area contributed by atoms with Crippen LogP contribution in [0, 0.1) is 12.3 Å². The molecule has 18 heavy (non-hydrogen) atoms. The van der Waals surface area contributed by atoms with Gasteiger partial charge in [-0.25, -0.2) is 4.79 Å². The molecule has 0 radical (unpaired) electrons. The summed E-state index contributed by atoms with van der Waals surface area (Å²) in [6, 6.07) is 6.44. The van der Waals surface area contributed by atoms with Crippen molar-refractivity contribution in [1.82, 2.24) is 0 Å². The first kappa shape index (κ1) is 12.2. The maximum Gasteiger partial charge on any atom is 0.327 e. The Labute approximate surface area is 105 Å². The van der Waals surface area contributed by atoms with Gasteiger partial charge in [0.25, 0.3) is 0 Å². The molecule has 1 amide bonds. The lowest BCUT2D eigenvalue weighted by molar-refractivity contribution is -0.139. The number of carbonyl (C=O) groups is 2. The Morgan fingerprint density at radius 2 is 2.17 bits per heavy atom. The predicted octanol–water partition coefficient (Wildman–Crippen LogP) is 1.44. The van der Waals surface area contributed by atoms with Crippen LogP contribution in [0.4, 0.5) is 5.69 Å². The zero-order valence-electron chi connectivity index (χ0n) is 9.80. The third kappa shape index (κ3) is 2.07. The van der Waals surface area contributed by atoms with Gasteiger partial charge in [0, 0.05) is 24.9 Å². The first-order valence-electron chi connectivity index (χ1n) is 5.71. The van der Waals surface area contributed by atoms with E-state index in [4.69, 9.17) is 6.42 Å². The molecule has 1 aromatic carbocycles. The molecule has 92 valence electrons. The lowest BCUT2D eigenvalue weighted by Gasteiger charge is -2.22. The summed E-state index contributed by atoms with van der Waals surface area (Å²) in [5.74, 6) is 1.18. The van der Waals surface area contributed by atoms with Crippen molar-refractivity contribution < 1.29 is 14.7 Å². The Balaban J connectivity index is 2.32. The highest BCUT2D eigenvalue weighted by molar-refractivity contribution is 6.01. The van der Waals surface area contributed by atoms with Gasteiger partial charge in [-0.1, -0.05) is 18.2 Å². The Morgan fingerprint density at radius 1 is 1.44 bits per heavy atom. The average molecular weight is 243 g/mol. The fourth-order valence-electron chi connectivity index (χ4n) is 2.19. The molecule has 4 heteroatoms. The summed E-state index contributed by atoms with van der Waals surface area (Å²) in [7, 11) is 0. The van der Waals surface area contributed by atoms with Crippen LogP contribution in [0.25, 0.3) is 0 Å². The van der Waals surface area contributed by atoms with Crippen LogP contribution in [0.2, 0.25) is 0 Å². The van der Waals surface area contributed by atoms with Crippen LogP contribution in [0.5, 0.6) is 0 Å². The zero-order valence-corrected chi connectivity index (χ0v) is 9.80. The number of para-hydroxylation sites is 1. The molecule has 1 heterocycles. The molecule has 0 saturated carbocycles. The highest BCUT2D eigenvalue weighted by Crippen LogP contribution is 2.32. The fourth-order valence-corrected chi connectivity index (χ4v) is 2.19. The number of rotatable bonds is 3. The van der Waals surface area contributed by atoms with Crippen molar-refractivity contribution in [3.05, 3.63) is 29.8 Å². The summed E-state index contributed by atoms with van der Waals surface area (Å²) in [5.41, 5.74) is 1.57. The number of carboxylic acid groups (broad SMARTS) is 1. The second-order valence-corrected chi connectivity index (χ2v) is 4.15. The highest BCUT2D eigenvalue weighted by atomic mass is 16.4. The Hall–Kier alpha value is -2.28. The molecule has 0 unspecified atom stereocenters. The molecule has 0 saturated heterocycles. The van der Waals surface area contributed by atoms with Crippen molar-refractivity contribution in [2.75, 3.05) is 4.90 Å². The molecule has 0 fully saturated rings. The van der Waals surface area contributed by atoms with E-state index in [0.717, 1.165) is 5.56 Å². The van der Waals surface area contributed by atoms with Crippen molar-refractivity contribution in [3.63, 3.8) is 0 Å². The normalized spacial score (nSPS) is 17.1. The van der Waals surface area contributed by atoms with Crippen LogP contribution in [0.1, 0.15) is 18.4 Å². The summed E-state index contributed by atoms with van der Waals surface area (Å²) < 4.78 is 0. The zero-order chi connectivity index (χ0) is 13.1. The van der Waals surface area contributed by atoms with Gasteiger partial charge < -0.3 is 5.11 Å². The minimum Gasteiger partial charge on any atom is -0.480 e. The average Bonchev–Trinajstić information content (AvgIpc) is 2.75. The molecule has 4 nitrogen and oxygen atoms in total. The van der Waals surface area contributed by atoms with Gasteiger partial charge in [0.1, 0.15) is 6.04 Å². The molecule has 1 aromatic rings. The second kappa shape index (κ2) is 4.92. The smallest absolute Gasteiger partial charge is 0.327 e. The molecule has 1 N–H and O–H groups in total. The maximum atomic E-state index is 12.0. The molecule has 2 rings (SSSR count). The van der Waals surface area contributed by atoms with Crippen LogP contribution in [0.15, 0.2) is 24.3 Å². The first-order valence-corrected chi connectivity index (χ1v) is 5.71.